The van der Waals surface area contributed by atoms with E-state index in [1.165, 1.54) is 12.8 Å². The van der Waals surface area contributed by atoms with Gasteiger partial charge in [0.1, 0.15) is 5.82 Å². The largest absolute Gasteiger partial charge is 0.390 e. The topological polar surface area (TPSA) is 77.5 Å². The van der Waals surface area contributed by atoms with Gasteiger partial charge in [0.05, 0.1) is 6.10 Å². The number of pyridine rings is 1. The molecule has 1 aromatic rings. The van der Waals surface area contributed by atoms with Gasteiger partial charge in [-0.25, -0.2) is 9.78 Å². The molecule has 0 bridgehead atoms. The van der Waals surface area contributed by atoms with Gasteiger partial charge in [-0.2, -0.15) is 0 Å². The zero-order valence-electron chi connectivity index (χ0n) is 10.9. The normalized spacial score (nSPS) is 17.1. The summed E-state index contributed by atoms with van der Waals surface area (Å²) in [6, 6.07) is 4.94. The van der Waals surface area contributed by atoms with Crippen LogP contribution < -0.4 is 10.6 Å². The molecule has 6 heteroatoms. The van der Waals surface area contributed by atoms with Crippen LogP contribution in [0.15, 0.2) is 24.4 Å². The Balaban J connectivity index is 1.65. The van der Waals surface area contributed by atoms with Crippen molar-refractivity contribution in [3.05, 3.63) is 24.4 Å². The van der Waals surface area contributed by atoms with Crippen molar-refractivity contribution in [3.63, 3.8) is 0 Å². The van der Waals surface area contributed by atoms with Gasteiger partial charge in [-0.05, 0) is 38.1 Å². The molecule has 2 rings (SSSR count). The van der Waals surface area contributed by atoms with Crippen molar-refractivity contribution in [2.24, 2.45) is 0 Å². The Morgan fingerprint density at radius 3 is 2.89 bits per heavy atom. The lowest BCUT2D eigenvalue weighted by Gasteiger charge is -2.19. The van der Waals surface area contributed by atoms with Crippen molar-refractivity contribution < 1.29 is 9.90 Å². The molecular weight excluding hydrogens is 244 g/mol. The van der Waals surface area contributed by atoms with Crippen LogP contribution in [0.25, 0.3) is 0 Å². The molecule has 1 saturated heterocycles. The lowest BCUT2D eigenvalue weighted by molar-refractivity contribution is 0.125. The molecule has 1 aromatic heterocycles. The highest BCUT2D eigenvalue weighted by molar-refractivity contribution is 5.88. The fourth-order valence-corrected chi connectivity index (χ4v) is 2.14. The third-order valence-electron chi connectivity index (χ3n) is 3.07. The number of hydrogen-bond donors (Lipinski definition) is 3. The molecule has 1 atom stereocenters. The van der Waals surface area contributed by atoms with E-state index in [-0.39, 0.29) is 12.6 Å². The monoisotopic (exact) mass is 264 g/mol. The van der Waals surface area contributed by atoms with Crippen LogP contribution in [0.4, 0.5) is 10.6 Å². The molecule has 3 N–H and O–H groups in total. The number of urea groups is 1. The van der Waals surface area contributed by atoms with Crippen LogP contribution in [-0.4, -0.2) is 53.3 Å². The van der Waals surface area contributed by atoms with Crippen LogP contribution in [0, 0.1) is 0 Å². The number of hydrogen-bond acceptors (Lipinski definition) is 4. The molecule has 0 spiro atoms. The Morgan fingerprint density at radius 2 is 2.21 bits per heavy atom. The number of carbonyl (C=O) groups is 1. The third kappa shape index (κ3) is 4.84. The standard InChI is InChI=1S/C13H20N4O2/c18-11(10-17-7-3-4-8-17)9-15-13(19)16-12-5-1-2-6-14-12/h1-2,5-6,11,18H,3-4,7-10H2,(H2,14,15,16,19). The minimum absolute atomic E-state index is 0.245. The second-order valence-electron chi connectivity index (χ2n) is 4.71. The minimum Gasteiger partial charge on any atom is -0.390 e. The quantitative estimate of drug-likeness (QED) is 0.730. The van der Waals surface area contributed by atoms with E-state index in [0.717, 1.165) is 13.1 Å². The Hall–Kier alpha value is -1.66. The first kappa shape index (κ1) is 13.8. The van der Waals surface area contributed by atoms with Gasteiger partial charge in [0, 0.05) is 19.3 Å². The summed E-state index contributed by atoms with van der Waals surface area (Å²) in [5.41, 5.74) is 0. The van der Waals surface area contributed by atoms with E-state index < -0.39 is 6.10 Å². The zero-order valence-corrected chi connectivity index (χ0v) is 10.9. The molecule has 1 fully saturated rings. The van der Waals surface area contributed by atoms with Crippen molar-refractivity contribution in [3.8, 4) is 0 Å². The van der Waals surface area contributed by atoms with Crippen LogP contribution in [0.5, 0.6) is 0 Å². The number of nitrogens with zero attached hydrogens (tertiary/aromatic N) is 2. The van der Waals surface area contributed by atoms with E-state index in [0.29, 0.717) is 12.4 Å². The van der Waals surface area contributed by atoms with Gasteiger partial charge >= 0.3 is 6.03 Å². The van der Waals surface area contributed by atoms with Gasteiger partial charge in [-0.3, -0.25) is 5.32 Å². The molecule has 0 aliphatic carbocycles. The Bertz CT molecular complexity index is 393. The molecule has 2 amide bonds. The van der Waals surface area contributed by atoms with Crippen molar-refractivity contribution in [2.75, 3.05) is 31.5 Å². The SMILES string of the molecule is O=C(NCC(O)CN1CCCC1)Nc1ccccn1. The predicted molar refractivity (Wildman–Crippen MR) is 72.9 cm³/mol. The lowest BCUT2D eigenvalue weighted by atomic mass is 10.3. The van der Waals surface area contributed by atoms with Gasteiger partial charge in [-0.15, -0.1) is 0 Å². The predicted octanol–water partition coefficient (Wildman–Crippen LogP) is 0.660. The molecule has 0 radical (unpaired) electrons. The maximum absolute atomic E-state index is 11.6. The number of likely N-dealkylation sites (tertiary alicyclic amines) is 1. The number of rotatable bonds is 5. The smallest absolute Gasteiger partial charge is 0.320 e. The first-order chi connectivity index (χ1) is 9.24. The molecule has 104 valence electrons. The summed E-state index contributed by atoms with van der Waals surface area (Å²) < 4.78 is 0. The Morgan fingerprint density at radius 1 is 1.42 bits per heavy atom. The number of carbonyl (C=O) groups excluding carboxylic acids is 1. The van der Waals surface area contributed by atoms with Gasteiger partial charge in [0.25, 0.3) is 0 Å². The molecule has 1 aliphatic heterocycles. The van der Waals surface area contributed by atoms with E-state index >= 15 is 0 Å². The van der Waals surface area contributed by atoms with Gasteiger partial charge in [0.15, 0.2) is 0 Å². The van der Waals surface area contributed by atoms with Crippen molar-refractivity contribution in [1.82, 2.24) is 15.2 Å². The van der Waals surface area contributed by atoms with Crippen LogP contribution >= 0.6 is 0 Å². The molecule has 6 nitrogen and oxygen atoms in total. The molecule has 2 heterocycles. The number of anilines is 1. The summed E-state index contributed by atoms with van der Waals surface area (Å²) in [4.78, 5) is 17.8. The van der Waals surface area contributed by atoms with Crippen LogP contribution in [0.3, 0.4) is 0 Å². The number of β-amino-alcohol motifs (C(OH)–C–C–N with tert-alkyl or cyclic N) is 1. The van der Waals surface area contributed by atoms with Crippen molar-refractivity contribution in [1.29, 1.82) is 0 Å². The van der Waals surface area contributed by atoms with Crippen molar-refractivity contribution in [2.45, 2.75) is 18.9 Å². The van der Waals surface area contributed by atoms with E-state index in [1.807, 2.05) is 0 Å². The molecule has 0 aromatic carbocycles. The average molecular weight is 264 g/mol. The lowest BCUT2D eigenvalue weighted by Crippen LogP contribution is -2.40. The first-order valence-electron chi connectivity index (χ1n) is 6.60. The molecule has 1 unspecified atom stereocenters. The maximum Gasteiger partial charge on any atom is 0.320 e. The van der Waals surface area contributed by atoms with Gasteiger partial charge in [-0.1, -0.05) is 6.07 Å². The molecule has 1 aliphatic rings. The summed E-state index contributed by atoms with van der Waals surface area (Å²) in [6.45, 7) is 2.94. The fraction of sp³-hybridized carbons (Fsp3) is 0.538. The molecule has 19 heavy (non-hydrogen) atoms. The summed E-state index contributed by atoms with van der Waals surface area (Å²) >= 11 is 0. The summed E-state index contributed by atoms with van der Waals surface area (Å²) in [5.74, 6) is 0.494. The van der Waals surface area contributed by atoms with E-state index in [2.05, 4.69) is 20.5 Å². The highest BCUT2D eigenvalue weighted by Crippen LogP contribution is 2.07. The Kier molecular flexibility index (Phi) is 5.11. The highest BCUT2D eigenvalue weighted by Gasteiger charge is 2.16. The summed E-state index contributed by atoms with van der Waals surface area (Å²) in [5, 5.41) is 15.1. The number of aliphatic hydroxyl groups excluding tert-OH is 1. The van der Waals surface area contributed by atoms with E-state index in [4.69, 9.17) is 0 Å². The van der Waals surface area contributed by atoms with E-state index in [9.17, 15) is 9.90 Å². The van der Waals surface area contributed by atoms with Crippen LogP contribution in [0.2, 0.25) is 0 Å². The van der Waals surface area contributed by atoms with E-state index in [1.54, 1.807) is 24.4 Å². The summed E-state index contributed by atoms with van der Waals surface area (Å²) in [6.07, 6.45) is 3.46. The highest BCUT2D eigenvalue weighted by atomic mass is 16.3. The molecule has 0 saturated carbocycles. The second-order valence-corrected chi connectivity index (χ2v) is 4.71. The van der Waals surface area contributed by atoms with Gasteiger partial charge < -0.3 is 15.3 Å². The third-order valence-corrected chi connectivity index (χ3v) is 3.07. The fourth-order valence-electron chi connectivity index (χ4n) is 2.14. The number of nitrogens with one attached hydrogen (secondary N) is 2. The summed E-state index contributed by atoms with van der Waals surface area (Å²) in [7, 11) is 0. The number of aromatic nitrogens is 1. The Labute approximate surface area is 112 Å². The minimum atomic E-state index is -0.535. The zero-order chi connectivity index (χ0) is 13.5. The first-order valence-corrected chi connectivity index (χ1v) is 6.60. The maximum atomic E-state index is 11.6. The second kappa shape index (κ2) is 7.06. The van der Waals surface area contributed by atoms with Crippen molar-refractivity contribution >= 4 is 11.8 Å². The molecular formula is C13H20N4O2. The average Bonchev–Trinajstić information content (AvgIpc) is 2.90. The number of amides is 2. The van der Waals surface area contributed by atoms with Crippen LogP contribution in [-0.2, 0) is 0 Å². The van der Waals surface area contributed by atoms with Crippen LogP contribution in [0.1, 0.15) is 12.8 Å². The van der Waals surface area contributed by atoms with Gasteiger partial charge in [0.2, 0.25) is 0 Å². The number of aliphatic hydroxyl groups is 1.